The highest BCUT2D eigenvalue weighted by Gasteiger charge is 2.28. The van der Waals surface area contributed by atoms with Crippen LogP contribution in [0.25, 0.3) is 11.4 Å². The van der Waals surface area contributed by atoms with Crippen LogP contribution in [0.15, 0.2) is 36.4 Å². The van der Waals surface area contributed by atoms with Gasteiger partial charge in [-0.2, -0.15) is 0 Å². The van der Waals surface area contributed by atoms with Crippen molar-refractivity contribution in [3.05, 3.63) is 69.9 Å². The highest BCUT2D eigenvalue weighted by atomic mass is 16.2. The van der Waals surface area contributed by atoms with E-state index in [1.165, 1.54) is 63.4 Å². The van der Waals surface area contributed by atoms with Crippen molar-refractivity contribution in [1.29, 1.82) is 0 Å². The molecule has 5 heteroatoms. The molecule has 0 bridgehead atoms. The molecule has 5 rings (SSSR count). The molecule has 3 heterocycles. The van der Waals surface area contributed by atoms with Crippen LogP contribution in [0.3, 0.4) is 0 Å². The summed E-state index contributed by atoms with van der Waals surface area (Å²) in [5.74, 6) is 3.39. The number of aryl methyl sites for hydroxylation is 3. The average molecular weight is 501 g/mol. The summed E-state index contributed by atoms with van der Waals surface area (Å²) in [6, 6.07) is 13.5. The van der Waals surface area contributed by atoms with Crippen LogP contribution in [-0.4, -0.2) is 41.8 Å². The first-order valence-corrected chi connectivity index (χ1v) is 13.8. The largest absolute Gasteiger partial charge is 0.400 e. The summed E-state index contributed by atoms with van der Waals surface area (Å²) in [4.78, 5) is 15.6. The maximum atomic E-state index is 7.00. The van der Waals surface area contributed by atoms with Crippen molar-refractivity contribution >= 4 is 11.5 Å². The van der Waals surface area contributed by atoms with Crippen LogP contribution < -0.4 is 9.80 Å². The summed E-state index contributed by atoms with van der Waals surface area (Å²) < 4.78 is 0. The van der Waals surface area contributed by atoms with Crippen LogP contribution in [0, 0.1) is 26.7 Å². The number of hydrogen-bond donors (Lipinski definition) is 1. The lowest BCUT2D eigenvalue weighted by Crippen LogP contribution is -2.38. The molecule has 2 aliphatic heterocycles. The number of fused-ring (bicyclic) bond motifs is 1. The Hall–Kier alpha value is -2.92. The van der Waals surface area contributed by atoms with Gasteiger partial charge in [0.05, 0.1) is 5.69 Å². The summed E-state index contributed by atoms with van der Waals surface area (Å²) in [5, 5.41) is 7.00. The number of hydrogen-bond acceptors (Lipinski definition) is 5. The van der Waals surface area contributed by atoms with E-state index in [0.29, 0.717) is 5.92 Å². The zero-order chi connectivity index (χ0) is 26.7. The Morgan fingerprint density at radius 1 is 0.865 bits per heavy atom. The quantitative estimate of drug-likeness (QED) is 0.437. The Morgan fingerprint density at radius 2 is 1.54 bits per heavy atom. The molecular weight excluding hydrogens is 456 g/mol. The van der Waals surface area contributed by atoms with E-state index in [2.05, 4.69) is 87.7 Å². The molecule has 0 unspecified atom stereocenters. The van der Waals surface area contributed by atoms with Gasteiger partial charge in [0.25, 0.3) is 0 Å². The van der Waals surface area contributed by atoms with E-state index >= 15 is 0 Å². The topological polar surface area (TPSA) is 52.5 Å². The fourth-order valence-corrected chi connectivity index (χ4v) is 5.69. The first-order chi connectivity index (χ1) is 17.8. The van der Waals surface area contributed by atoms with Gasteiger partial charge in [-0.15, -0.1) is 0 Å². The zero-order valence-corrected chi connectivity index (χ0v) is 23.8. The van der Waals surface area contributed by atoms with Crippen molar-refractivity contribution in [2.75, 3.05) is 36.5 Å². The lowest BCUT2D eigenvalue weighted by molar-refractivity contribution is 0.399. The van der Waals surface area contributed by atoms with E-state index in [-0.39, 0.29) is 0 Å². The third-order valence-electron chi connectivity index (χ3n) is 8.07. The molecule has 1 saturated heterocycles. The summed E-state index contributed by atoms with van der Waals surface area (Å²) in [7, 11) is 1.00. The van der Waals surface area contributed by atoms with E-state index in [1.54, 1.807) is 0 Å². The van der Waals surface area contributed by atoms with Gasteiger partial charge in [-0.05, 0) is 73.8 Å². The minimum atomic E-state index is 0.528. The fraction of sp³-hybridized carbons (Fsp3) is 0.500. The number of anilines is 2. The molecule has 1 N–H and O–H groups in total. The van der Waals surface area contributed by atoms with Crippen LogP contribution in [0.5, 0.6) is 0 Å². The molecule has 37 heavy (non-hydrogen) atoms. The van der Waals surface area contributed by atoms with Crippen molar-refractivity contribution in [3.8, 4) is 11.4 Å². The number of aromatic nitrogens is 2. The van der Waals surface area contributed by atoms with Crippen LogP contribution in [-0.2, 0) is 13.0 Å². The molecule has 0 spiro atoms. The minimum absolute atomic E-state index is 0.528. The molecule has 0 aliphatic carbocycles. The Morgan fingerprint density at radius 3 is 2.19 bits per heavy atom. The van der Waals surface area contributed by atoms with Gasteiger partial charge in [-0.1, -0.05) is 51.1 Å². The summed E-state index contributed by atoms with van der Waals surface area (Å²) >= 11 is 0. The number of benzene rings is 2. The predicted molar refractivity (Wildman–Crippen MR) is 156 cm³/mol. The molecule has 0 saturated carbocycles. The van der Waals surface area contributed by atoms with E-state index < -0.39 is 0 Å². The highest BCUT2D eigenvalue weighted by Crippen LogP contribution is 2.36. The third kappa shape index (κ3) is 5.67. The Bertz CT molecular complexity index is 1210. The molecule has 0 atom stereocenters. The van der Waals surface area contributed by atoms with E-state index in [0.717, 1.165) is 51.5 Å². The third-order valence-corrected chi connectivity index (χ3v) is 8.07. The molecule has 0 amide bonds. The normalized spacial score (nSPS) is 15.9. The van der Waals surface area contributed by atoms with E-state index in [4.69, 9.17) is 15.1 Å². The summed E-state index contributed by atoms with van der Waals surface area (Å²) in [6.45, 7) is 17.6. The lowest BCUT2D eigenvalue weighted by Gasteiger charge is -2.37. The molecule has 0 radical (unpaired) electrons. The van der Waals surface area contributed by atoms with Crippen LogP contribution in [0.1, 0.15) is 73.0 Å². The van der Waals surface area contributed by atoms with Crippen LogP contribution >= 0.6 is 0 Å². The van der Waals surface area contributed by atoms with Crippen molar-refractivity contribution < 1.29 is 5.11 Å². The second-order valence-electron chi connectivity index (χ2n) is 11.1. The number of aliphatic hydroxyl groups is 1. The molecule has 3 aromatic rings. The molecule has 1 aromatic heterocycles. The molecular formula is C32H44N4O. The second-order valence-corrected chi connectivity index (χ2v) is 11.1. The van der Waals surface area contributed by atoms with Crippen molar-refractivity contribution in [3.63, 3.8) is 0 Å². The fourth-order valence-electron chi connectivity index (χ4n) is 5.69. The van der Waals surface area contributed by atoms with E-state index in [9.17, 15) is 0 Å². The Balaban J connectivity index is 0.00000156. The van der Waals surface area contributed by atoms with Gasteiger partial charge in [0.1, 0.15) is 5.82 Å². The SMILES string of the molecule is CO.Cc1ccc(C(C)C)cc1N1CCc2nc(-c3c(C)cccc3C)nc(N3CCC(C)CC3)c2C1. The second kappa shape index (κ2) is 11.6. The molecule has 2 aromatic carbocycles. The zero-order valence-electron chi connectivity index (χ0n) is 23.8. The average Bonchev–Trinajstić information content (AvgIpc) is 2.90. The smallest absolute Gasteiger partial charge is 0.162 e. The monoisotopic (exact) mass is 500 g/mol. The maximum Gasteiger partial charge on any atom is 0.162 e. The van der Waals surface area contributed by atoms with Gasteiger partial charge < -0.3 is 14.9 Å². The Labute approximate surface area is 223 Å². The number of nitrogens with zero attached hydrogens (tertiary/aromatic N) is 4. The van der Waals surface area contributed by atoms with Gasteiger partial charge in [0.15, 0.2) is 5.82 Å². The maximum absolute atomic E-state index is 7.00. The number of rotatable bonds is 4. The first kappa shape index (κ1) is 27.1. The van der Waals surface area contributed by atoms with Crippen molar-refractivity contribution in [1.82, 2.24) is 9.97 Å². The Kier molecular flexibility index (Phi) is 8.53. The highest BCUT2D eigenvalue weighted by molar-refractivity contribution is 5.68. The summed E-state index contributed by atoms with van der Waals surface area (Å²) in [5.41, 5.74) is 10.4. The van der Waals surface area contributed by atoms with Crippen molar-refractivity contribution in [2.24, 2.45) is 5.92 Å². The molecule has 198 valence electrons. The van der Waals surface area contributed by atoms with Crippen molar-refractivity contribution in [2.45, 2.75) is 73.3 Å². The summed E-state index contributed by atoms with van der Waals surface area (Å²) in [6.07, 6.45) is 3.42. The number of aliphatic hydroxyl groups excluding tert-OH is 1. The first-order valence-electron chi connectivity index (χ1n) is 13.8. The lowest BCUT2D eigenvalue weighted by atomic mass is 9.96. The van der Waals surface area contributed by atoms with Gasteiger partial charge >= 0.3 is 0 Å². The predicted octanol–water partition coefficient (Wildman–Crippen LogP) is 6.60. The van der Waals surface area contributed by atoms with Gasteiger partial charge in [0, 0.05) is 56.5 Å². The van der Waals surface area contributed by atoms with Gasteiger partial charge in [-0.3, -0.25) is 0 Å². The van der Waals surface area contributed by atoms with Gasteiger partial charge in [-0.25, -0.2) is 9.97 Å². The number of piperidine rings is 1. The standard InChI is InChI=1S/C31H40N4.CH4O/c1-20(2)25-11-10-22(4)28(18-25)35-17-14-27-26(19-35)31(34-15-12-21(3)13-16-34)33-30(32-27)29-23(5)8-7-9-24(29)6;1-2/h7-11,18,20-21H,12-17,19H2,1-6H3;2H,1H3. The van der Waals surface area contributed by atoms with Crippen LogP contribution in [0.4, 0.5) is 11.5 Å². The minimum Gasteiger partial charge on any atom is -0.400 e. The molecule has 5 nitrogen and oxygen atoms in total. The molecule has 1 fully saturated rings. The van der Waals surface area contributed by atoms with E-state index in [1.807, 2.05) is 0 Å². The van der Waals surface area contributed by atoms with Crippen LogP contribution in [0.2, 0.25) is 0 Å². The molecule has 2 aliphatic rings. The van der Waals surface area contributed by atoms with Gasteiger partial charge in [0.2, 0.25) is 0 Å².